The van der Waals surface area contributed by atoms with Crippen LogP contribution in [0.3, 0.4) is 0 Å². The number of rotatable bonds is 12. The predicted molar refractivity (Wildman–Crippen MR) is 147 cm³/mol. The zero-order valence-corrected chi connectivity index (χ0v) is 21.5. The highest BCUT2D eigenvalue weighted by atomic mass is 33.1. The highest BCUT2D eigenvalue weighted by molar-refractivity contribution is 8.76. The largest absolute Gasteiger partial charge is 0.331 e. The number of thioether (sulfide) groups is 1. The summed E-state index contributed by atoms with van der Waals surface area (Å²) in [5.41, 5.74) is 21.2. The predicted octanol–water partition coefficient (Wildman–Crippen LogP) is 2.31. The van der Waals surface area contributed by atoms with E-state index < -0.39 is 12.1 Å². The van der Waals surface area contributed by atoms with Crippen molar-refractivity contribution < 1.29 is 9.59 Å². The number of benzene rings is 2. The molecule has 2 aromatic carbocycles. The molecule has 0 aromatic heterocycles. The lowest BCUT2D eigenvalue weighted by molar-refractivity contribution is -0.131. The third-order valence-electron chi connectivity index (χ3n) is 5.35. The Balaban J connectivity index is 1.34. The number of hydrogen-bond acceptors (Lipinski definition) is 8. The van der Waals surface area contributed by atoms with E-state index in [-0.39, 0.29) is 17.9 Å². The molecule has 1 aliphatic heterocycles. The zero-order valence-electron chi connectivity index (χ0n) is 19.1. The van der Waals surface area contributed by atoms with E-state index in [9.17, 15) is 9.59 Å². The number of anilines is 1. The standard InChI is InChI=1S/C24H33N5O2S3/c25-19(12-17-4-2-1-3-5-17)14-33-34-15-22(27)23(30)28-20-8-6-18(7-9-20)13-21(26)24(31)29-10-11-32-16-29/h1-9,19,21-22H,10-16,25-27H2,(H,28,30)/t19?,21-,22?/m0/s1. The molecule has 2 amide bonds. The monoisotopic (exact) mass is 519 g/mol. The first-order chi connectivity index (χ1) is 16.4. The maximum Gasteiger partial charge on any atom is 0.242 e. The molecule has 184 valence electrons. The van der Waals surface area contributed by atoms with Gasteiger partial charge in [-0.05, 0) is 36.1 Å². The van der Waals surface area contributed by atoms with Crippen molar-refractivity contribution in [3.8, 4) is 0 Å². The Kier molecular flexibility index (Phi) is 11.1. The van der Waals surface area contributed by atoms with Gasteiger partial charge in [0.1, 0.15) is 0 Å². The van der Waals surface area contributed by atoms with Gasteiger partial charge in [0, 0.05) is 35.5 Å². The minimum absolute atomic E-state index is 0.00950. The smallest absolute Gasteiger partial charge is 0.242 e. The van der Waals surface area contributed by atoms with E-state index in [0.29, 0.717) is 17.9 Å². The average Bonchev–Trinajstić information content (AvgIpc) is 3.38. The van der Waals surface area contributed by atoms with Crippen LogP contribution in [0.5, 0.6) is 0 Å². The quantitative estimate of drug-likeness (QED) is 0.248. The zero-order chi connectivity index (χ0) is 24.3. The second-order valence-electron chi connectivity index (χ2n) is 8.26. The van der Waals surface area contributed by atoms with Gasteiger partial charge in [0.05, 0.1) is 18.0 Å². The second kappa shape index (κ2) is 14.0. The van der Waals surface area contributed by atoms with Gasteiger partial charge in [-0.2, -0.15) is 0 Å². The van der Waals surface area contributed by atoms with Crippen molar-refractivity contribution in [1.29, 1.82) is 0 Å². The topological polar surface area (TPSA) is 127 Å². The fourth-order valence-electron chi connectivity index (χ4n) is 3.43. The fourth-order valence-corrected chi connectivity index (χ4v) is 6.71. The van der Waals surface area contributed by atoms with E-state index in [2.05, 4.69) is 17.4 Å². The fraction of sp³-hybridized carbons (Fsp3) is 0.417. The van der Waals surface area contributed by atoms with Gasteiger partial charge in [0.15, 0.2) is 0 Å². The SMILES string of the molecule is NC(CSSCC(N)C(=O)Nc1ccc(C[C@H](N)C(=O)N2CCSC2)cc1)Cc1ccccc1. The summed E-state index contributed by atoms with van der Waals surface area (Å²) in [6.45, 7) is 0.764. The minimum atomic E-state index is -0.619. The van der Waals surface area contributed by atoms with E-state index in [4.69, 9.17) is 17.2 Å². The van der Waals surface area contributed by atoms with Gasteiger partial charge >= 0.3 is 0 Å². The number of hydrogen-bond donors (Lipinski definition) is 4. The molecule has 0 aliphatic carbocycles. The van der Waals surface area contributed by atoms with Crippen LogP contribution in [0.2, 0.25) is 0 Å². The van der Waals surface area contributed by atoms with Crippen LogP contribution in [0, 0.1) is 0 Å². The van der Waals surface area contributed by atoms with Gasteiger partial charge in [-0.3, -0.25) is 9.59 Å². The Labute approximate surface area is 213 Å². The van der Waals surface area contributed by atoms with Crippen LogP contribution in [0.25, 0.3) is 0 Å². The Morgan fingerprint density at radius 2 is 1.59 bits per heavy atom. The summed E-state index contributed by atoms with van der Waals surface area (Å²) in [5, 5.41) is 2.85. The molecule has 34 heavy (non-hydrogen) atoms. The Morgan fingerprint density at radius 1 is 0.912 bits per heavy atom. The first-order valence-corrected chi connectivity index (χ1v) is 14.9. The number of carbonyl (C=O) groups is 2. The average molecular weight is 520 g/mol. The number of nitrogens with zero attached hydrogens (tertiary/aromatic N) is 1. The van der Waals surface area contributed by atoms with Gasteiger partial charge in [0.25, 0.3) is 0 Å². The molecule has 0 bridgehead atoms. The Morgan fingerprint density at radius 3 is 2.26 bits per heavy atom. The third kappa shape index (κ3) is 8.83. The minimum Gasteiger partial charge on any atom is -0.331 e. The molecule has 1 aliphatic rings. The van der Waals surface area contributed by atoms with Gasteiger partial charge < -0.3 is 27.4 Å². The molecule has 0 saturated carbocycles. The van der Waals surface area contributed by atoms with Gasteiger partial charge in [-0.1, -0.05) is 64.1 Å². The van der Waals surface area contributed by atoms with E-state index in [0.717, 1.165) is 35.9 Å². The number of nitrogens with one attached hydrogen (secondary N) is 1. The van der Waals surface area contributed by atoms with Crippen LogP contribution in [-0.4, -0.2) is 64.5 Å². The van der Waals surface area contributed by atoms with Crippen molar-refractivity contribution in [3.63, 3.8) is 0 Å². The summed E-state index contributed by atoms with van der Waals surface area (Å²) in [5.74, 6) is 2.73. The molecule has 10 heteroatoms. The van der Waals surface area contributed by atoms with Crippen molar-refractivity contribution in [2.45, 2.75) is 31.0 Å². The molecule has 3 atom stereocenters. The number of carbonyl (C=O) groups excluding carboxylic acids is 2. The molecule has 1 heterocycles. The van der Waals surface area contributed by atoms with Gasteiger partial charge in [-0.25, -0.2) is 0 Å². The Hall–Kier alpha value is -1.69. The molecule has 0 spiro atoms. The second-order valence-corrected chi connectivity index (χ2v) is 11.9. The summed E-state index contributed by atoms with van der Waals surface area (Å²) in [7, 11) is 3.20. The molecule has 1 fully saturated rings. The lowest BCUT2D eigenvalue weighted by Gasteiger charge is -2.19. The maximum absolute atomic E-state index is 12.4. The Bertz CT molecular complexity index is 911. The molecule has 1 saturated heterocycles. The van der Waals surface area contributed by atoms with Crippen LogP contribution in [-0.2, 0) is 22.4 Å². The van der Waals surface area contributed by atoms with Crippen molar-refractivity contribution >= 4 is 50.9 Å². The molecule has 2 aromatic rings. The van der Waals surface area contributed by atoms with Crippen molar-refractivity contribution in [3.05, 3.63) is 65.7 Å². The molecule has 7 N–H and O–H groups in total. The van der Waals surface area contributed by atoms with Crippen molar-refractivity contribution in [2.24, 2.45) is 17.2 Å². The summed E-state index contributed by atoms with van der Waals surface area (Å²) >= 11 is 1.74. The van der Waals surface area contributed by atoms with Crippen molar-refractivity contribution in [2.75, 3.05) is 35.0 Å². The lowest BCUT2D eigenvalue weighted by Crippen LogP contribution is -2.43. The molecule has 7 nitrogen and oxygen atoms in total. The molecular formula is C24H33N5O2S3. The van der Waals surface area contributed by atoms with Crippen molar-refractivity contribution in [1.82, 2.24) is 4.90 Å². The lowest BCUT2D eigenvalue weighted by atomic mass is 10.1. The molecular weight excluding hydrogens is 486 g/mol. The summed E-state index contributed by atoms with van der Waals surface area (Å²) in [6, 6.07) is 16.4. The van der Waals surface area contributed by atoms with Crippen LogP contribution in [0.4, 0.5) is 5.69 Å². The number of nitrogens with two attached hydrogens (primary N) is 3. The van der Waals surface area contributed by atoms with Gasteiger partial charge in [-0.15, -0.1) is 11.8 Å². The normalized spacial score (nSPS) is 16.1. The third-order valence-corrected chi connectivity index (χ3v) is 8.86. The van der Waals surface area contributed by atoms with Crippen LogP contribution in [0.15, 0.2) is 54.6 Å². The molecule has 3 rings (SSSR count). The van der Waals surface area contributed by atoms with E-state index in [1.165, 1.54) is 5.56 Å². The molecule has 0 radical (unpaired) electrons. The first kappa shape index (κ1) is 26.9. The number of amides is 2. The summed E-state index contributed by atoms with van der Waals surface area (Å²) < 4.78 is 0. The van der Waals surface area contributed by atoms with Crippen LogP contribution < -0.4 is 22.5 Å². The van der Waals surface area contributed by atoms with E-state index >= 15 is 0 Å². The van der Waals surface area contributed by atoms with E-state index in [1.807, 2.05) is 42.5 Å². The maximum atomic E-state index is 12.4. The highest BCUT2D eigenvalue weighted by Gasteiger charge is 2.24. The van der Waals surface area contributed by atoms with Crippen LogP contribution >= 0.6 is 33.3 Å². The first-order valence-electron chi connectivity index (χ1n) is 11.2. The van der Waals surface area contributed by atoms with E-state index in [1.54, 1.807) is 38.2 Å². The highest BCUT2D eigenvalue weighted by Crippen LogP contribution is 2.23. The van der Waals surface area contributed by atoms with Gasteiger partial charge in [0.2, 0.25) is 11.8 Å². The molecule has 2 unspecified atom stereocenters. The summed E-state index contributed by atoms with van der Waals surface area (Å²) in [4.78, 5) is 26.6. The van der Waals surface area contributed by atoms with Crippen LogP contribution in [0.1, 0.15) is 11.1 Å². The summed E-state index contributed by atoms with van der Waals surface area (Å²) in [6.07, 6.45) is 1.29.